The maximum Gasteiger partial charge on any atom is 0.260 e. The molecular formula is C20H19FIN3O3. The predicted molar refractivity (Wildman–Crippen MR) is 113 cm³/mol. The van der Waals surface area contributed by atoms with Gasteiger partial charge in [-0.1, -0.05) is 0 Å². The van der Waals surface area contributed by atoms with Gasteiger partial charge in [0, 0.05) is 21.4 Å². The SMILES string of the molecule is CC1(C)OCC(Cn2ccc3cncc(Nc4ccc(I)cc4F)c3c2=O)O1. The van der Waals surface area contributed by atoms with Crippen LogP contribution < -0.4 is 10.9 Å². The molecule has 1 fully saturated rings. The fourth-order valence-electron chi connectivity index (χ4n) is 3.27. The van der Waals surface area contributed by atoms with E-state index in [2.05, 4.69) is 10.3 Å². The van der Waals surface area contributed by atoms with Crippen molar-refractivity contribution >= 4 is 44.7 Å². The van der Waals surface area contributed by atoms with E-state index in [1.165, 1.54) is 12.3 Å². The van der Waals surface area contributed by atoms with E-state index < -0.39 is 5.79 Å². The molecule has 3 heterocycles. The molecule has 3 aromatic rings. The Bertz CT molecular complexity index is 1100. The Labute approximate surface area is 174 Å². The van der Waals surface area contributed by atoms with Crippen LogP contribution in [0, 0.1) is 9.39 Å². The second kappa shape index (κ2) is 7.41. The summed E-state index contributed by atoms with van der Waals surface area (Å²) < 4.78 is 28.0. The third kappa shape index (κ3) is 3.89. The maximum absolute atomic E-state index is 14.3. The van der Waals surface area contributed by atoms with Crippen molar-refractivity contribution < 1.29 is 13.9 Å². The number of nitrogens with one attached hydrogen (secondary N) is 1. The van der Waals surface area contributed by atoms with Gasteiger partial charge in [0.1, 0.15) is 11.9 Å². The summed E-state index contributed by atoms with van der Waals surface area (Å²) in [5.41, 5.74) is 0.557. The normalized spacial score (nSPS) is 18.5. The molecule has 0 amide bonds. The van der Waals surface area contributed by atoms with E-state index in [-0.39, 0.29) is 17.5 Å². The molecule has 0 spiro atoms. The topological polar surface area (TPSA) is 65.4 Å². The minimum absolute atomic E-state index is 0.193. The van der Waals surface area contributed by atoms with E-state index in [0.717, 1.165) is 3.57 Å². The van der Waals surface area contributed by atoms with Gasteiger partial charge in [0.25, 0.3) is 5.56 Å². The number of hydrogen-bond donors (Lipinski definition) is 1. The molecule has 1 atom stereocenters. The van der Waals surface area contributed by atoms with E-state index in [1.54, 1.807) is 29.1 Å². The quantitative estimate of drug-likeness (QED) is 0.554. The average molecular weight is 495 g/mol. The summed E-state index contributed by atoms with van der Waals surface area (Å²) in [6.07, 6.45) is 4.66. The second-order valence-electron chi connectivity index (χ2n) is 7.12. The van der Waals surface area contributed by atoms with E-state index in [4.69, 9.17) is 9.47 Å². The number of aromatic nitrogens is 2. The summed E-state index contributed by atoms with van der Waals surface area (Å²) >= 11 is 2.05. The van der Waals surface area contributed by atoms with Crippen molar-refractivity contribution in [3.63, 3.8) is 0 Å². The molecule has 1 aliphatic rings. The van der Waals surface area contributed by atoms with Gasteiger partial charge in [-0.2, -0.15) is 0 Å². The van der Waals surface area contributed by atoms with E-state index >= 15 is 0 Å². The number of halogens is 2. The number of rotatable bonds is 4. The third-order valence-corrected chi connectivity index (χ3v) is 5.22. The molecule has 1 aliphatic heterocycles. The predicted octanol–water partition coefficient (Wildman–Crippen LogP) is 4.04. The van der Waals surface area contributed by atoms with Crippen molar-refractivity contribution in [1.82, 2.24) is 9.55 Å². The molecule has 2 aromatic heterocycles. The molecule has 0 saturated carbocycles. The van der Waals surface area contributed by atoms with Crippen LogP contribution >= 0.6 is 22.6 Å². The average Bonchev–Trinajstić information content (AvgIpc) is 2.98. The minimum atomic E-state index is -0.649. The lowest BCUT2D eigenvalue weighted by atomic mass is 10.2. The first kappa shape index (κ1) is 19.3. The number of pyridine rings is 2. The number of hydrogen-bond acceptors (Lipinski definition) is 5. The Morgan fingerprint density at radius 2 is 2.14 bits per heavy atom. The van der Waals surface area contributed by atoms with Gasteiger partial charge in [0.2, 0.25) is 0 Å². The van der Waals surface area contributed by atoms with Crippen molar-refractivity contribution in [1.29, 1.82) is 0 Å². The Morgan fingerprint density at radius 3 is 2.86 bits per heavy atom. The molecule has 0 bridgehead atoms. The van der Waals surface area contributed by atoms with Crippen LogP contribution in [0.25, 0.3) is 10.8 Å². The van der Waals surface area contributed by atoms with Gasteiger partial charge in [-0.15, -0.1) is 0 Å². The van der Waals surface area contributed by atoms with Gasteiger partial charge in [0.05, 0.1) is 36.1 Å². The van der Waals surface area contributed by atoms with Crippen LogP contribution in [0.3, 0.4) is 0 Å². The molecule has 6 nitrogen and oxygen atoms in total. The highest BCUT2D eigenvalue weighted by atomic mass is 127. The van der Waals surface area contributed by atoms with Gasteiger partial charge >= 0.3 is 0 Å². The molecule has 1 saturated heterocycles. The number of fused-ring (bicyclic) bond motifs is 1. The van der Waals surface area contributed by atoms with Crippen LogP contribution in [0.1, 0.15) is 13.8 Å². The van der Waals surface area contributed by atoms with Gasteiger partial charge in [-0.25, -0.2) is 4.39 Å². The molecular weight excluding hydrogens is 476 g/mol. The standard InChI is InChI=1S/C20H19FIN3O3/c1-20(2)27-11-14(28-20)10-25-6-5-12-8-23-9-17(18(12)19(25)26)24-16-4-3-13(22)7-15(16)21/h3-9,14,24H,10-11H2,1-2H3. The van der Waals surface area contributed by atoms with Gasteiger partial charge in [-0.3, -0.25) is 9.78 Å². The first-order chi connectivity index (χ1) is 13.3. The monoisotopic (exact) mass is 495 g/mol. The van der Waals surface area contributed by atoms with Crippen LogP contribution in [0.2, 0.25) is 0 Å². The van der Waals surface area contributed by atoms with Crippen molar-refractivity contribution in [2.24, 2.45) is 0 Å². The summed E-state index contributed by atoms with van der Waals surface area (Å²) in [7, 11) is 0. The van der Waals surface area contributed by atoms with Crippen molar-refractivity contribution in [2.75, 3.05) is 11.9 Å². The minimum Gasteiger partial charge on any atom is -0.351 e. The lowest BCUT2D eigenvalue weighted by molar-refractivity contribution is -0.139. The molecule has 0 aliphatic carbocycles. The lowest BCUT2D eigenvalue weighted by Crippen LogP contribution is -2.29. The molecule has 1 unspecified atom stereocenters. The van der Waals surface area contributed by atoms with Crippen LogP contribution in [0.4, 0.5) is 15.8 Å². The molecule has 0 radical (unpaired) electrons. The van der Waals surface area contributed by atoms with Gasteiger partial charge in [0.15, 0.2) is 5.79 Å². The Kier molecular flexibility index (Phi) is 5.11. The van der Waals surface area contributed by atoms with Crippen molar-refractivity contribution in [3.8, 4) is 0 Å². The van der Waals surface area contributed by atoms with E-state index in [0.29, 0.717) is 35.3 Å². The smallest absolute Gasteiger partial charge is 0.260 e. The molecule has 8 heteroatoms. The highest BCUT2D eigenvalue weighted by Gasteiger charge is 2.32. The fourth-order valence-corrected chi connectivity index (χ4v) is 3.72. The zero-order chi connectivity index (χ0) is 19.9. The molecule has 1 N–H and O–H groups in total. The number of anilines is 2. The van der Waals surface area contributed by atoms with Crippen molar-refractivity contribution in [2.45, 2.75) is 32.3 Å². The van der Waals surface area contributed by atoms with E-state index in [1.807, 2.05) is 42.5 Å². The summed E-state index contributed by atoms with van der Waals surface area (Å²) in [6, 6.07) is 6.68. The Hall–Kier alpha value is -2.04. The first-order valence-electron chi connectivity index (χ1n) is 8.83. The molecule has 4 rings (SSSR count). The fraction of sp³-hybridized carbons (Fsp3) is 0.300. The maximum atomic E-state index is 14.3. The number of benzene rings is 1. The van der Waals surface area contributed by atoms with Crippen LogP contribution in [-0.2, 0) is 16.0 Å². The summed E-state index contributed by atoms with van der Waals surface area (Å²) in [5, 5.41) is 4.14. The number of nitrogens with zero attached hydrogens (tertiary/aromatic N) is 2. The molecule has 28 heavy (non-hydrogen) atoms. The van der Waals surface area contributed by atoms with Crippen molar-refractivity contribution in [3.05, 3.63) is 62.6 Å². The van der Waals surface area contributed by atoms with Crippen LogP contribution in [-0.4, -0.2) is 28.0 Å². The Morgan fingerprint density at radius 1 is 1.32 bits per heavy atom. The highest BCUT2D eigenvalue weighted by molar-refractivity contribution is 14.1. The lowest BCUT2D eigenvalue weighted by Gasteiger charge is -2.18. The Balaban J connectivity index is 1.71. The van der Waals surface area contributed by atoms with Gasteiger partial charge < -0.3 is 19.4 Å². The summed E-state index contributed by atoms with van der Waals surface area (Å²) in [6.45, 7) is 4.49. The van der Waals surface area contributed by atoms with Gasteiger partial charge in [-0.05, 0) is 60.7 Å². The van der Waals surface area contributed by atoms with Crippen LogP contribution in [0.5, 0.6) is 0 Å². The third-order valence-electron chi connectivity index (χ3n) is 4.55. The zero-order valence-corrected chi connectivity index (χ0v) is 17.6. The van der Waals surface area contributed by atoms with E-state index in [9.17, 15) is 9.18 Å². The second-order valence-corrected chi connectivity index (χ2v) is 8.37. The largest absolute Gasteiger partial charge is 0.351 e. The summed E-state index contributed by atoms with van der Waals surface area (Å²) in [4.78, 5) is 17.3. The molecule has 1 aromatic carbocycles. The molecule has 146 valence electrons. The zero-order valence-electron chi connectivity index (χ0n) is 15.4. The van der Waals surface area contributed by atoms with Crippen LogP contribution in [0.15, 0.2) is 47.7 Å². The highest BCUT2D eigenvalue weighted by Crippen LogP contribution is 2.26. The first-order valence-corrected chi connectivity index (χ1v) is 9.91. The number of ether oxygens (including phenoxy) is 2. The summed E-state index contributed by atoms with van der Waals surface area (Å²) in [5.74, 6) is -1.04.